The van der Waals surface area contributed by atoms with Gasteiger partial charge in [-0.1, -0.05) is 12.1 Å². The third-order valence-electron chi connectivity index (χ3n) is 4.59. The number of sulfone groups is 1. The number of hydrogen-bond donors (Lipinski definition) is 2. The topological polar surface area (TPSA) is 84.5 Å². The van der Waals surface area contributed by atoms with E-state index >= 15 is 0 Å². The van der Waals surface area contributed by atoms with E-state index in [2.05, 4.69) is 16.4 Å². The van der Waals surface area contributed by atoms with Gasteiger partial charge in [0.15, 0.2) is 15.8 Å². The number of anilines is 1. The summed E-state index contributed by atoms with van der Waals surface area (Å²) in [6.07, 6.45) is 6.04. The van der Waals surface area contributed by atoms with Crippen LogP contribution in [0.2, 0.25) is 0 Å². The van der Waals surface area contributed by atoms with Crippen molar-refractivity contribution in [2.45, 2.75) is 43.8 Å². The molecule has 0 radical (unpaired) electrons. The third kappa shape index (κ3) is 3.27. The van der Waals surface area contributed by atoms with Gasteiger partial charge in [0.25, 0.3) is 0 Å². The van der Waals surface area contributed by atoms with Gasteiger partial charge in [-0.05, 0) is 55.7 Å². The van der Waals surface area contributed by atoms with Crippen LogP contribution in [0.1, 0.15) is 36.8 Å². The van der Waals surface area contributed by atoms with Gasteiger partial charge in [0, 0.05) is 5.69 Å². The van der Waals surface area contributed by atoms with Crippen molar-refractivity contribution in [3.63, 3.8) is 0 Å². The Morgan fingerprint density at radius 2 is 2.09 bits per heavy atom. The monoisotopic (exact) mass is 321 g/mol. The summed E-state index contributed by atoms with van der Waals surface area (Å²) in [6.45, 7) is 0.260. The number of aryl methyl sites for hydroxylation is 1. The number of nitrogens with one attached hydrogen (secondary N) is 1. The molecule has 2 aliphatic rings. The van der Waals surface area contributed by atoms with E-state index in [-0.39, 0.29) is 17.5 Å². The highest BCUT2D eigenvalue weighted by atomic mass is 32.2. The first-order chi connectivity index (χ1) is 10.6. The maximum atomic E-state index is 11.8. The minimum atomic E-state index is -2.96. The van der Waals surface area contributed by atoms with Gasteiger partial charge < -0.3 is 11.1 Å². The largest absolute Gasteiger partial charge is 0.370 e. The van der Waals surface area contributed by atoms with Crippen LogP contribution in [0, 0.1) is 0 Å². The molecule has 1 aromatic rings. The lowest BCUT2D eigenvalue weighted by Crippen LogP contribution is -2.27. The number of benzene rings is 1. The zero-order chi connectivity index (χ0) is 15.6. The molecule has 120 valence electrons. The van der Waals surface area contributed by atoms with E-state index < -0.39 is 9.84 Å². The summed E-state index contributed by atoms with van der Waals surface area (Å²) in [6, 6.07) is 6.21. The van der Waals surface area contributed by atoms with Gasteiger partial charge in [0.2, 0.25) is 0 Å². The van der Waals surface area contributed by atoms with Crippen molar-refractivity contribution in [1.29, 1.82) is 0 Å². The molecule has 1 heterocycles. The molecule has 0 saturated carbocycles. The third-order valence-corrected chi connectivity index (χ3v) is 6.84. The van der Waals surface area contributed by atoms with E-state index in [0.717, 1.165) is 24.9 Å². The van der Waals surface area contributed by atoms with Crippen LogP contribution in [-0.4, -0.2) is 31.9 Å². The van der Waals surface area contributed by atoms with E-state index in [4.69, 9.17) is 5.73 Å². The normalized spacial score (nSPS) is 24.0. The highest BCUT2D eigenvalue weighted by Crippen LogP contribution is 2.27. The molecule has 6 heteroatoms. The van der Waals surface area contributed by atoms with Crippen molar-refractivity contribution in [2.24, 2.45) is 10.7 Å². The van der Waals surface area contributed by atoms with Gasteiger partial charge in [-0.25, -0.2) is 8.42 Å². The van der Waals surface area contributed by atoms with Crippen LogP contribution in [0.3, 0.4) is 0 Å². The first-order valence-corrected chi connectivity index (χ1v) is 9.67. The zero-order valence-corrected chi connectivity index (χ0v) is 13.5. The van der Waals surface area contributed by atoms with Gasteiger partial charge >= 0.3 is 0 Å². The Bertz CT molecular complexity index is 683. The number of aliphatic imine (C=N–C) groups is 1. The number of rotatable bonds is 3. The lowest BCUT2D eigenvalue weighted by molar-refractivity contribution is 0.590. The van der Waals surface area contributed by atoms with E-state index in [9.17, 15) is 8.42 Å². The van der Waals surface area contributed by atoms with Crippen molar-refractivity contribution in [2.75, 3.05) is 17.6 Å². The first-order valence-electron chi connectivity index (χ1n) is 7.95. The van der Waals surface area contributed by atoms with Crippen LogP contribution in [0.15, 0.2) is 23.2 Å². The predicted molar refractivity (Wildman–Crippen MR) is 90.0 cm³/mol. The second-order valence-corrected chi connectivity index (χ2v) is 8.53. The van der Waals surface area contributed by atoms with Crippen LogP contribution >= 0.6 is 0 Å². The maximum Gasteiger partial charge on any atom is 0.193 e. The number of nitrogens with two attached hydrogens (primary N) is 1. The van der Waals surface area contributed by atoms with Crippen molar-refractivity contribution < 1.29 is 8.42 Å². The lowest BCUT2D eigenvalue weighted by Gasteiger charge is -2.20. The summed E-state index contributed by atoms with van der Waals surface area (Å²) >= 11 is 0. The van der Waals surface area contributed by atoms with Crippen LogP contribution < -0.4 is 11.1 Å². The van der Waals surface area contributed by atoms with E-state index in [0.29, 0.717) is 12.4 Å². The molecule has 22 heavy (non-hydrogen) atoms. The molecule has 3 N–H and O–H groups in total. The van der Waals surface area contributed by atoms with Gasteiger partial charge in [0.1, 0.15) is 0 Å². The van der Waals surface area contributed by atoms with E-state index in [1.165, 1.54) is 24.0 Å². The summed E-state index contributed by atoms with van der Waals surface area (Å²) in [4.78, 5) is 4.25. The Morgan fingerprint density at radius 3 is 2.86 bits per heavy atom. The van der Waals surface area contributed by atoms with Gasteiger partial charge in [-0.15, -0.1) is 0 Å². The summed E-state index contributed by atoms with van der Waals surface area (Å²) in [5, 5.41) is 2.79. The molecule has 0 bridgehead atoms. The van der Waals surface area contributed by atoms with Crippen LogP contribution in [0.25, 0.3) is 0 Å². The van der Waals surface area contributed by atoms with Gasteiger partial charge in [0.05, 0.1) is 17.5 Å². The molecule has 0 aromatic heterocycles. The maximum absolute atomic E-state index is 11.8. The SMILES string of the molecule is NC(=NCC1CCCS1(=O)=O)Nc1cccc2c1CCCC2. The minimum Gasteiger partial charge on any atom is -0.370 e. The Balaban J connectivity index is 1.69. The molecule has 0 amide bonds. The first kappa shape index (κ1) is 15.3. The smallest absolute Gasteiger partial charge is 0.193 e. The van der Waals surface area contributed by atoms with Crippen LogP contribution in [0.5, 0.6) is 0 Å². The molecule has 1 aliphatic carbocycles. The Kier molecular flexibility index (Phi) is 4.38. The van der Waals surface area contributed by atoms with Crippen molar-refractivity contribution in [3.8, 4) is 0 Å². The minimum absolute atomic E-state index is 0.260. The number of guanidine groups is 1. The van der Waals surface area contributed by atoms with Crippen molar-refractivity contribution >= 4 is 21.5 Å². The highest BCUT2D eigenvalue weighted by molar-refractivity contribution is 7.92. The predicted octanol–water partition coefficient (Wildman–Crippen LogP) is 1.87. The quantitative estimate of drug-likeness (QED) is 0.657. The molecule has 5 nitrogen and oxygen atoms in total. The Morgan fingerprint density at radius 1 is 1.27 bits per heavy atom. The molecule has 1 fully saturated rings. The van der Waals surface area contributed by atoms with Crippen LogP contribution in [-0.2, 0) is 22.7 Å². The second kappa shape index (κ2) is 6.28. The van der Waals surface area contributed by atoms with E-state index in [1.54, 1.807) is 0 Å². The molecular formula is C16H23N3O2S. The van der Waals surface area contributed by atoms with Gasteiger partial charge in [-0.3, -0.25) is 4.99 Å². The fraction of sp³-hybridized carbons (Fsp3) is 0.562. The molecule has 1 aromatic carbocycles. The van der Waals surface area contributed by atoms with Crippen LogP contribution in [0.4, 0.5) is 5.69 Å². The summed E-state index contributed by atoms with van der Waals surface area (Å²) in [7, 11) is -2.96. The average Bonchev–Trinajstić information content (AvgIpc) is 2.84. The zero-order valence-electron chi connectivity index (χ0n) is 12.7. The standard InChI is InChI=1S/C16H23N3O2S/c17-16(18-11-13-7-4-10-22(13,20)21)19-15-9-3-6-12-5-1-2-8-14(12)15/h3,6,9,13H,1-2,4-5,7-8,10-11H2,(H3,17,18,19). The summed E-state index contributed by atoms with van der Waals surface area (Å²) in [5.74, 6) is 0.591. The molecule has 1 unspecified atom stereocenters. The van der Waals surface area contributed by atoms with E-state index in [1.807, 2.05) is 12.1 Å². The Hall–Kier alpha value is -1.56. The lowest BCUT2D eigenvalue weighted by atomic mass is 9.90. The molecule has 1 aliphatic heterocycles. The summed E-state index contributed by atoms with van der Waals surface area (Å²) < 4.78 is 23.6. The number of nitrogens with zero attached hydrogens (tertiary/aromatic N) is 1. The molecule has 1 atom stereocenters. The second-order valence-electron chi connectivity index (χ2n) is 6.13. The van der Waals surface area contributed by atoms with Crippen molar-refractivity contribution in [3.05, 3.63) is 29.3 Å². The fourth-order valence-corrected chi connectivity index (χ4v) is 5.07. The fourth-order valence-electron chi connectivity index (χ4n) is 3.34. The molecule has 3 rings (SSSR count). The number of hydrogen-bond acceptors (Lipinski definition) is 3. The molecule has 1 saturated heterocycles. The number of fused-ring (bicyclic) bond motifs is 1. The summed E-state index contributed by atoms with van der Waals surface area (Å²) in [5.41, 5.74) is 9.65. The van der Waals surface area contributed by atoms with Crippen molar-refractivity contribution in [1.82, 2.24) is 0 Å². The Labute approximate surface area is 131 Å². The average molecular weight is 321 g/mol. The molecular weight excluding hydrogens is 298 g/mol. The molecule has 0 spiro atoms. The highest BCUT2D eigenvalue weighted by Gasteiger charge is 2.30. The van der Waals surface area contributed by atoms with Gasteiger partial charge in [-0.2, -0.15) is 0 Å².